The monoisotopic (exact) mass is 512 g/mol. The molecule has 1 unspecified atom stereocenters. The molecule has 1 aromatic heterocycles. The normalized spacial score (nSPS) is 19.5. The van der Waals surface area contributed by atoms with E-state index in [1.807, 2.05) is 0 Å². The minimum absolute atomic E-state index is 0.156. The molecule has 37 heavy (non-hydrogen) atoms. The van der Waals surface area contributed by atoms with Crippen LogP contribution in [0, 0.1) is 11.7 Å². The maximum atomic E-state index is 15.1. The smallest absolute Gasteiger partial charge is 0.414 e. The summed E-state index contributed by atoms with van der Waals surface area (Å²) in [6.07, 6.45) is 4.42. The first-order valence-electron chi connectivity index (χ1n) is 12.6. The first kappa shape index (κ1) is 26.8. The van der Waals surface area contributed by atoms with Crippen molar-refractivity contribution in [3.8, 4) is 11.1 Å². The van der Waals surface area contributed by atoms with Gasteiger partial charge in [-0.3, -0.25) is 14.8 Å². The molecule has 0 bridgehead atoms. The van der Waals surface area contributed by atoms with E-state index in [0.717, 1.165) is 30.7 Å². The quantitative estimate of drug-likeness (QED) is 0.228. The Morgan fingerprint density at radius 1 is 1.22 bits per heavy atom. The van der Waals surface area contributed by atoms with E-state index in [0.29, 0.717) is 35.6 Å². The molecule has 1 aromatic carbocycles. The molecule has 1 atom stereocenters. The third-order valence-electron chi connectivity index (χ3n) is 6.89. The van der Waals surface area contributed by atoms with E-state index in [2.05, 4.69) is 34.0 Å². The summed E-state index contributed by atoms with van der Waals surface area (Å²) in [7, 11) is 5.77. The van der Waals surface area contributed by atoms with Crippen molar-refractivity contribution in [3.05, 3.63) is 48.0 Å². The van der Waals surface area contributed by atoms with Gasteiger partial charge in [-0.1, -0.05) is 6.07 Å². The lowest BCUT2D eigenvalue weighted by molar-refractivity contribution is 0.0894. The molecule has 2 aliphatic rings. The molecule has 0 spiro atoms. The number of cyclic esters (lactones) is 1. The molecule has 2 aliphatic heterocycles. The van der Waals surface area contributed by atoms with Crippen molar-refractivity contribution in [2.45, 2.75) is 25.4 Å². The number of amides is 1. The molecule has 0 aliphatic carbocycles. The van der Waals surface area contributed by atoms with Gasteiger partial charge in [0.25, 0.3) is 0 Å². The van der Waals surface area contributed by atoms with Gasteiger partial charge in [0, 0.05) is 30.9 Å². The van der Waals surface area contributed by atoms with E-state index in [9.17, 15) is 4.79 Å². The Kier molecular flexibility index (Phi) is 8.57. The zero-order chi connectivity index (χ0) is 26.5. The van der Waals surface area contributed by atoms with Gasteiger partial charge in [-0.2, -0.15) is 0 Å². The zero-order valence-electron chi connectivity index (χ0n) is 21.8. The van der Waals surface area contributed by atoms with Gasteiger partial charge in [0.2, 0.25) is 0 Å². The van der Waals surface area contributed by atoms with Crippen molar-refractivity contribution in [2.75, 3.05) is 58.8 Å². The van der Waals surface area contributed by atoms with Gasteiger partial charge >= 0.3 is 6.09 Å². The molecule has 11 heteroatoms. The number of benzene rings is 1. The number of amidine groups is 1. The fourth-order valence-corrected chi connectivity index (χ4v) is 4.85. The predicted molar refractivity (Wildman–Crippen MR) is 142 cm³/mol. The van der Waals surface area contributed by atoms with Crippen LogP contribution in [0.3, 0.4) is 0 Å². The minimum Gasteiger partial charge on any atom is -0.443 e. The maximum Gasteiger partial charge on any atom is 0.414 e. The Labute approximate surface area is 217 Å². The van der Waals surface area contributed by atoms with Crippen LogP contribution in [0.25, 0.3) is 11.1 Å². The lowest BCUT2D eigenvalue weighted by Gasteiger charge is -2.33. The summed E-state index contributed by atoms with van der Waals surface area (Å²) in [6.45, 7) is 4.26. The van der Waals surface area contributed by atoms with Crippen LogP contribution in [0.2, 0.25) is 0 Å². The first-order valence-corrected chi connectivity index (χ1v) is 12.6. The van der Waals surface area contributed by atoms with Crippen LogP contribution in [0.1, 0.15) is 25.0 Å². The summed E-state index contributed by atoms with van der Waals surface area (Å²) in [5.41, 5.74) is 7.71. The van der Waals surface area contributed by atoms with Gasteiger partial charge in [-0.25, -0.2) is 20.1 Å². The number of carbonyl (C=O) groups is 1. The number of nitrogens with two attached hydrogens (primary N) is 2. The molecule has 2 fully saturated rings. The number of likely N-dealkylation sites (tertiary alicyclic amines) is 1. The molecule has 2 aromatic rings. The number of hydrogen-bond acceptors (Lipinski definition) is 8. The highest BCUT2D eigenvalue weighted by Crippen LogP contribution is 2.29. The van der Waals surface area contributed by atoms with E-state index in [1.54, 1.807) is 31.3 Å². The van der Waals surface area contributed by atoms with Crippen LogP contribution in [0.5, 0.6) is 0 Å². The predicted octanol–water partition coefficient (Wildman–Crippen LogP) is 2.30. The summed E-state index contributed by atoms with van der Waals surface area (Å²) in [5, 5.41) is 4.99. The summed E-state index contributed by atoms with van der Waals surface area (Å²) in [4.78, 5) is 22.9. The van der Waals surface area contributed by atoms with Gasteiger partial charge in [-0.15, -0.1) is 5.10 Å². The fourth-order valence-electron chi connectivity index (χ4n) is 4.85. The first-order chi connectivity index (χ1) is 17.7. The summed E-state index contributed by atoms with van der Waals surface area (Å²) >= 11 is 0. The molecule has 200 valence electrons. The highest BCUT2D eigenvalue weighted by Gasteiger charge is 2.34. The number of anilines is 1. The summed E-state index contributed by atoms with van der Waals surface area (Å²) in [6, 6.07) is 8.10. The van der Waals surface area contributed by atoms with Crippen molar-refractivity contribution in [2.24, 2.45) is 22.6 Å². The number of ether oxygens (including phenoxy) is 1. The summed E-state index contributed by atoms with van der Waals surface area (Å²) in [5.74, 6) is 5.93. The van der Waals surface area contributed by atoms with Crippen molar-refractivity contribution in [1.29, 1.82) is 0 Å². The average molecular weight is 513 g/mol. The molecule has 1 amide bonds. The molecule has 4 rings (SSSR count). The number of aromatic nitrogens is 1. The number of nitrogens with zero attached hydrogens (tertiary/aromatic N) is 6. The van der Waals surface area contributed by atoms with Gasteiger partial charge in [-0.05, 0) is 83.2 Å². The number of hydrazine groups is 1. The zero-order valence-corrected chi connectivity index (χ0v) is 21.8. The molecular weight excluding hydrogens is 475 g/mol. The highest BCUT2D eigenvalue weighted by atomic mass is 19.1. The number of pyridine rings is 1. The Morgan fingerprint density at radius 2 is 1.97 bits per heavy atom. The van der Waals surface area contributed by atoms with Gasteiger partial charge < -0.3 is 15.4 Å². The lowest BCUT2D eigenvalue weighted by Crippen LogP contribution is -2.40. The number of hydrazone groups is 1. The van der Waals surface area contributed by atoms with E-state index < -0.39 is 11.9 Å². The SMILES string of the molecule is CN(C)CCC1CCN(CC2CN(c3ccc(-c4ccc(/C(N)=N/N(C)N)nc4)c(F)c3)C(=O)O2)CC1. The van der Waals surface area contributed by atoms with Gasteiger partial charge in [0.1, 0.15) is 17.6 Å². The Bertz CT molecular complexity index is 1100. The molecule has 4 N–H and O–H groups in total. The standard InChI is InChI=1S/C26H37FN8O2/c1-32(2)11-8-18-9-12-34(13-10-18)16-21-17-35(26(36)37-21)20-5-6-22(23(27)14-20)19-4-7-24(30-15-19)25(28)31-33(3)29/h4-7,14-15,18,21H,8-13,16-17,29H2,1-3H3,(H2,28,31). The van der Waals surface area contributed by atoms with Crippen LogP contribution in [0.4, 0.5) is 14.9 Å². The number of carbonyl (C=O) groups excluding carboxylic acids is 1. The molecule has 2 saturated heterocycles. The Balaban J connectivity index is 1.35. The fraction of sp³-hybridized carbons (Fsp3) is 0.500. The van der Waals surface area contributed by atoms with Crippen LogP contribution in [-0.2, 0) is 4.74 Å². The van der Waals surface area contributed by atoms with E-state index >= 15 is 4.39 Å². The lowest BCUT2D eigenvalue weighted by atomic mass is 9.93. The van der Waals surface area contributed by atoms with E-state index in [1.165, 1.54) is 36.4 Å². The van der Waals surface area contributed by atoms with Crippen LogP contribution in [0.15, 0.2) is 41.6 Å². The van der Waals surface area contributed by atoms with Crippen molar-refractivity contribution in [3.63, 3.8) is 0 Å². The maximum absolute atomic E-state index is 15.1. The van der Waals surface area contributed by atoms with Crippen molar-refractivity contribution < 1.29 is 13.9 Å². The molecule has 3 heterocycles. The largest absolute Gasteiger partial charge is 0.443 e. The van der Waals surface area contributed by atoms with Gasteiger partial charge in [0.15, 0.2) is 5.84 Å². The Morgan fingerprint density at radius 3 is 2.59 bits per heavy atom. The van der Waals surface area contributed by atoms with Crippen LogP contribution >= 0.6 is 0 Å². The van der Waals surface area contributed by atoms with Crippen molar-refractivity contribution in [1.82, 2.24) is 19.9 Å². The third-order valence-corrected chi connectivity index (χ3v) is 6.89. The topological polar surface area (TPSA) is 117 Å². The van der Waals surface area contributed by atoms with E-state index in [4.69, 9.17) is 16.3 Å². The number of hydrogen-bond donors (Lipinski definition) is 2. The van der Waals surface area contributed by atoms with E-state index in [-0.39, 0.29) is 11.9 Å². The second-order valence-electron chi connectivity index (χ2n) is 10.1. The second-order valence-corrected chi connectivity index (χ2v) is 10.1. The van der Waals surface area contributed by atoms with Crippen LogP contribution < -0.4 is 16.5 Å². The number of halogens is 1. The summed E-state index contributed by atoms with van der Waals surface area (Å²) < 4.78 is 20.7. The number of piperidine rings is 1. The Hall–Kier alpha value is -3.28. The highest BCUT2D eigenvalue weighted by molar-refractivity contribution is 5.95. The van der Waals surface area contributed by atoms with Crippen LogP contribution in [-0.4, -0.2) is 91.8 Å². The molecule has 0 saturated carbocycles. The van der Waals surface area contributed by atoms with Crippen molar-refractivity contribution >= 4 is 17.6 Å². The second kappa shape index (κ2) is 11.8. The van der Waals surface area contributed by atoms with Gasteiger partial charge in [0.05, 0.1) is 12.2 Å². The molecule has 0 radical (unpaired) electrons. The third kappa shape index (κ3) is 6.94. The molecule has 10 nitrogen and oxygen atoms in total. The number of rotatable bonds is 9. The molecular formula is C26H37FN8O2. The average Bonchev–Trinajstić information content (AvgIpc) is 3.23. The minimum atomic E-state index is -0.452.